The van der Waals surface area contributed by atoms with Gasteiger partial charge < -0.3 is 0 Å². The molecule has 0 amide bonds. The van der Waals surface area contributed by atoms with Crippen molar-refractivity contribution < 1.29 is 0 Å². The van der Waals surface area contributed by atoms with E-state index in [-0.39, 0.29) is 0 Å². The van der Waals surface area contributed by atoms with E-state index >= 15 is 0 Å². The van der Waals surface area contributed by atoms with E-state index in [1.807, 2.05) is 18.7 Å². The highest BCUT2D eigenvalue weighted by Crippen LogP contribution is 2.08. The molecule has 2 nitrogen and oxygen atoms in total. The van der Waals surface area contributed by atoms with E-state index in [2.05, 4.69) is 16.0 Å². The predicted molar refractivity (Wildman–Crippen MR) is 41.8 cm³/mol. The summed E-state index contributed by atoms with van der Waals surface area (Å²) in [5, 5.41) is 2.07. The van der Waals surface area contributed by atoms with Crippen LogP contribution in [0, 0.1) is 6.07 Å². The summed E-state index contributed by atoms with van der Waals surface area (Å²) >= 11 is 2.00. The fraction of sp³-hybridized carbons (Fsp3) is 0.833. The fourth-order valence-electron chi connectivity index (χ4n) is 0.795. The van der Waals surface area contributed by atoms with E-state index in [0.717, 1.165) is 13.1 Å². The maximum atomic E-state index is 4.05. The lowest BCUT2D eigenvalue weighted by atomic mass is 10.6. The van der Waals surface area contributed by atoms with Crippen LogP contribution in [0.3, 0.4) is 0 Å². The quantitative estimate of drug-likeness (QED) is 0.505. The molecule has 0 aromatic heterocycles. The van der Waals surface area contributed by atoms with Crippen molar-refractivity contribution in [1.82, 2.24) is 5.01 Å². The number of hydrogen-bond acceptors (Lipinski definition) is 2. The first-order chi connectivity index (χ1) is 4.43. The van der Waals surface area contributed by atoms with Crippen molar-refractivity contribution in [3.63, 3.8) is 0 Å². The van der Waals surface area contributed by atoms with Crippen LogP contribution in [0.15, 0.2) is 0 Å². The second kappa shape index (κ2) is 3.62. The van der Waals surface area contributed by atoms with Crippen LogP contribution in [0.25, 0.3) is 4.95 Å². The van der Waals surface area contributed by atoms with E-state index in [4.69, 9.17) is 0 Å². The molecule has 0 bridgehead atoms. The van der Waals surface area contributed by atoms with Crippen molar-refractivity contribution in [2.45, 2.75) is 6.92 Å². The number of rotatable bonds is 0. The van der Waals surface area contributed by atoms with Crippen molar-refractivity contribution in [3.05, 3.63) is 4.95 Å². The molecular weight excluding hydrogens is 132 g/mol. The predicted octanol–water partition coefficient (Wildman–Crippen LogP) is 1.30. The Morgan fingerprint density at radius 2 is 2.11 bits per heavy atom. The minimum atomic E-state index is 1.09. The molecule has 0 saturated carbocycles. The highest BCUT2D eigenvalue weighted by atomic mass is 32.2. The molecule has 0 aliphatic carbocycles. The monoisotopic (exact) mass is 143 g/mol. The van der Waals surface area contributed by atoms with Gasteiger partial charge in [0.2, 0.25) is 0 Å². The minimum Gasteiger partial charge on any atom is -0.158 e. The van der Waals surface area contributed by atoms with Gasteiger partial charge in [-0.2, -0.15) is 11.8 Å². The molecule has 3 heteroatoms. The SMILES string of the molecule is CC#[N+]N1CCSCC1. The van der Waals surface area contributed by atoms with E-state index < -0.39 is 0 Å². The molecule has 0 unspecified atom stereocenters. The zero-order valence-electron chi connectivity index (χ0n) is 5.63. The van der Waals surface area contributed by atoms with E-state index in [9.17, 15) is 0 Å². The summed E-state index contributed by atoms with van der Waals surface area (Å²) < 4.78 is 0. The largest absolute Gasteiger partial charge is 0.315 e. The first kappa shape index (κ1) is 6.76. The molecule has 0 N–H and O–H groups in total. The van der Waals surface area contributed by atoms with Gasteiger partial charge in [0.25, 0.3) is 0 Å². The highest BCUT2D eigenvalue weighted by Gasteiger charge is 2.13. The average molecular weight is 143 g/mol. The van der Waals surface area contributed by atoms with Crippen LogP contribution in [0.1, 0.15) is 6.92 Å². The van der Waals surface area contributed by atoms with Gasteiger partial charge >= 0.3 is 6.07 Å². The van der Waals surface area contributed by atoms with Crippen molar-refractivity contribution in [1.29, 1.82) is 0 Å². The van der Waals surface area contributed by atoms with Crippen LogP contribution in [0.4, 0.5) is 0 Å². The Labute approximate surface area is 60.0 Å². The van der Waals surface area contributed by atoms with Crippen molar-refractivity contribution in [3.8, 4) is 6.07 Å². The molecule has 1 rings (SSSR count). The summed E-state index contributed by atoms with van der Waals surface area (Å²) in [4.78, 5) is 4.05. The Morgan fingerprint density at radius 3 is 2.67 bits per heavy atom. The molecule has 1 aliphatic heterocycles. The molecule has 1 aliphatic rings. The minimum absolute atomic E-state index is 1.09. The molecule has 0 radical (unpaired) electrons. The third-order valence-electron chi connectivity index (χ3n) is 1.23. The molecule has 1 fully saturated rings. The fourth-order valence-corrected chi connectivity index (χ4v) is 1.68. The van der Waals surface area contributed by atoms with Gasteiger partial charge in [0.15, 0.2) is 0 Å². The van der Waals surface area contributed by atoms with Gasteiger partial charge in [-0.25, -0.2) is 0 Å². The summed E-state index contributed by atoms with van der Waals surface area (Å²) in [6.07, 6.45) is 0. The second-order valence-electron chi connectivity index (χ2n) is 1.89. The molecule has 0 aromatic rings. The van der Waals surface area contributed by atoms with Crippen molar-refractivity contribution in [2.24, 2.45) is 0 Å². The standard InChI is InChI=1S/C6H11N2S/c1-2-7-8-3-5-9-6-4-8/h3-6H2,1H3/q+1. The lowest BCUT2D eigenvalue weighted by Gasteiger charge is -2.11. The molecule has 1 saturated heterocycles. The van der Waals surface area contributed by atoms with E-state index in [0.29, 0.717) is 0 Å². The Balaban J connectivity index is 2.28. The van der Waals surface area contributed by atoms with Crippen LogP contribution in [-0.4, -0.2) is 29.6 Å². The van der Waals surface area contributed by atoms with Crippen LogP contribution in [0.5, 0.6) is 0 Å². The molecule has 9 heavy (non-hydrogen) atoms. The zero-order valence-corrected chi connectivity index (χ0v) is 6.45. The summed E-state index contributed by atoms with van der Waals surface area (Å²) in [7, 11) is 0. The smallest absolute Gasteiger partial charge is 0.158 e. The Hall–Kier alpha value is -0.360. The van der Waals surface area contributed by atoms with Crippen molar-refractivity contribution in [2.75, 3.05) is 24.6 Å². The molecular formula is C6H11N2S+. The van der Waals surface area contributed by atoms with Crippen LogP contribution >= 0.6 is 11.8 Å². The summed E-state index contributed by atoms with van der Waals surface area (Å²) in [5.74, 6) is 2.43. The molecule has 0 aromatic carbocycles. The highest BCUT2D eigenvalue weighted by molar-refractivity contribution is 7.99. The first-order valence-corrected chi connectivity index (χ1v) is 4.29. The van der Waals surface area contributed by atoms with Gasteiger partial charge in [-0.3, -0.25) is 0 Å². The lowest BCUT2D eigenvalue weighted by molar-refractivity contribution is 0.411. The van der Waals surface area contributed by atoms with Crippen LogP contribution in [0.2, 0.25) is 0 Å². The lowest BCUT2D eigenvalue weighted by Crippen LogP contribution is -2.26. The summed E-state index contributed by atoms with van der Waals surface area (Å²) in [6.45, 7) is 4.01. The molecule has 0 atom stereocenters. The summed E-state index contributed by atoms with van der Waals surface area (Å²) in [5.41, 5.74) is 0. The van der Waals surface area contributed by atoms with Gasteiger partial charge in [-0.1, -0.05) is 5.01 Å². The third kappa shape index (κ3) is 2.15. The van der Waals surface area contributed by atoms with Gasteiger partial charge in [0, 0.05) is 11.5 Å². The number of thioether (sulfide) groups is 1. The first-order valence-electron chi connectivity index (χ1n) is 3.13. The number of nitrogens with zero attached hydrogens (tertiary/aromatic N) is 2. The van der Waals surface area contributed by atoms with Crippen LogP contribution < -0.4 is 0 Å². The zero-order chi connectivity index (χ0) is 6.53. The maximum absolute atomic E-state index is 4.05. The van der Waals surface area contributed by atoms with Crippen LogP contribution in [-0.2, 0) is 0 Å². The molecule has 1 heterocycles. The molecule has 50 valence electrons. The maximum Gasteiger partial charge on any atom is 0.315 e. The Morgan fingerprint density at radius 1 is 1.44 bits per heavy atom. The number of hydrogen-bond donors (Lipinski definition) is 0. The van der Waals surface area contributed by atoms with E-state index in [1.165, 1.54) is 11.5 Å². The van der Waals surface area contributed by atoms with Gasteiger partial charge in [-0.15, -0.1) is 0 Å². The van der Waals surface area contributed by atoms with Crippen molar-refractivity contribution >= 4 is 11.8 Å². The Kier molecular flexibility index (Phi) is 2.72. The average Bonchev–Trinajstić information content (AvgIpc) is 1.91. The van der Waals surface area contributed by atoms with Gasteiger partial charge in [-0.05, 0) is 0 Å². The normalized spacial score (nSPS) is 18.6. The van der Waals surface area contributed by atoms with E-state index in [1.54, 1.807) is 0 Å². The summed E-state index contributed by atoms with van der Waals surface area (Å²) in [6, 6.07) is 2.78. The van der Waals surface area contributed by atoms with Gasteiger partial charge in [0.1, 0.15) is 0 Å². The third-order valence-corrected chi connectivity index (χ3v) is 2.17. The van der Waals surface area contributed by atoms with Gasteiger partial charge in [0.05, 0.1) is 25.0 Å². The molecule has 0 spiro atoms. The topological polar surface area (TPSA) is 7.60 Å². The Bertz CT molecular complexity index is 130. The second-order valence-corrected chi connectivity index (χ2v) is 3.11.